The first-order valence-electron chi connectivity index (χ1n) is 3.19. The van der Waals surface area contributed by atoms with Crippen LogP contribution in [-0.2, 0) is 0 Å². The van der Waals surface area contributed by atoms with Crippen LogP contribution in [0.15, 0.2) is 13.2 Å². The number of hydrogen-bond donors (Lipinski definition) is 1. The molecule has 0 fully saturated rings. The van der Waals surface area contributed by atoms with Gasteiger partial charge in [-0.3, -0.25) is 5.10 Å². The smallest absolute Gasteiger partial charge is 0.144 e. The largest absolute Gasteiger partial charge is 0.282 e. The Bertz CT molecular complexity index is 299. The van der Waals surface area contributed by atoms with Crippen LogP contribution in [0, 0.1) is 6.92 Å². The van der Waals surface area contributed by atoms with Gasteiger partial charge in [-0.15, -0.1) is 0 Å². The third-order valence-corrected chi connectivity index (χ3v) is 1.46. The summed E-state index contributed by atoms with van der Waals surface area (Å²) in [5.41, 5.74) is 1.73. The summed E-state index contributed by atoms with van der Waals surface area (Å²) >= 11 is 0. The highest BCUT2D eigenvalue weighted by Crippen LogP contribution is 2.19. The predicted octanol–water partition coefficient (Wildman–Crippen LogP) is 2.30. The second-order valence-corrected chi connectivity index (χ2v) is 2.22. The zero-order valence-electron chi connectivity index (χ0n) is 6.32. The van der Waals surface area contributed by atoms with Gasteiger partial charge in [0.05, 0.1) is 0 Å². The molecule has 0 saturated heterocycles. The lowest BCUT2D eigenvalue weighted by atomic mass is 10.2. The van der Waals surface area contributed by atoms with Crippen LogP contribution in [0.4, 0.5) is 4.39 Å². The Kier molecular flexibility index (Phi) is 1.89. The van der Waals surface area contributed by atoms with E-state index in [0.717, 1.165) is 5.69 Å². The summed E-state index contributed by atoms with van der Waals surface area (Å²) in [6.45, 7) is 8.49. The van der Waals surface area contributed by atoms with Gasteiger partial charge in [0, 0.05) is 11.3 Å². The first-order chi connectivity index (χ1) is 5.16. The fraction of sp³-hybridized carbons (Fsp3) is 0.125. The Morgan fingerprint density at radius 2 is 2.36 bits per heavy atom. The Morgan fingerprint density at radius 1 is 1.73 bits per heavy atom. The molecule has 1 heterocycles. The van der Waals surface area contributed by atoms with Crippen LogP contribution in [0.2, 0.25) is 0 Å². The lowest BCUT2D eigenvalue weighted by Crippen LogP contribution is -1.80. The monoisotopic (exact) mass is 152 g/mol. The molecule has 1 aromatic rings. The lowest BCUT2D eigenvalue weighted by molar-refractivity contribution is 0.753. The summed E-state index contributed by atoms with van der Waals surface area (Å²) in [5.74, 6) is -0.538. The number of aromatic amines is 1. The summed E-state index contributed by atoms with van der Waals surface area (Å²) < 4.78 is 12.6. The second-order valence-electron chi connectivity index (χ2n) is 2.22. The van der Waals surface area contributed by atoms with E-state index in [9.17, 15) is 4.39 Å². The molecule has 0 amide bonds. The third kappa shape index (κ3) is 1.22. The van der Waals surface area contributed by atoms with E-state index in [2.05, 4.69) is 23.4 Å². The van der Waals surface area contributed by atoms with Crippen molar-refractivity contribution < 1.29 is 4.39 Å². The Morgan fingerprint density at radius 3 is 2.73 bits per heavy atom. The fourth-order valence-electron chi connectivity index (χ4n) is 0.894. The van der Waals surface area contributed by atoms with Crippen LogP contribution in [0.5, 0.6) is 0 Å². The highest BCUT2D eigenvalue weighted by Gasteiger charge is 2.08. The van der Waals surface area contributed by atoms with Crippen molar-refractivity contribution in [3.8, 4) is 0 Å². The van der Waals surface area contributed by atoms with E-state index in [4.69, 9.17) is 0 Å². The van der Waals surface area contributed by atoms with Crippen molar-refractivity contribution in [1.29, 1.82) is 0 Å². The normalized spacial score (nSPS) is 9.64. The van der Waals surface area contributed by atoms with Crippen LogP contribution < -0.4 is 0 Å². The summed E-state index contributed by atoms with van der Waals surface area (Å²) in [5, 5.41) is 6.36. The van der Waals surface area contributed by atoms with Gasteiger partial charge >= 0.3 is 0 Å². The molecule has 1 N–H and O–H groups in total. The molecule has 0 aromatic carbocycles. The van der Waals surface area contributed by atoms with E-state index in [1.807, 2.05) is 0 Å². The van der Waals surface area contributed by atoms with Crippen molar-refractivity contribution in [1.82, 2.24) is 10.2 Å². The molecule has 0 atom stereocenters. The molecule has 0 spiro atoms. The molecule has 0 unspecified atom stereocenters. The first-order valence-corrected chi connectivity index (χ1v) is 3.19. The van der Waals surface area contributed by atoms with Crippen molar-refractivity contribution >= 4 is 11.9 Å². The molecule has 2 nitrogen and oxygen atoms in total. The highest BCUT2D eigenvalue weighted by atomic mass is 19.1. The molecule has 0 radical (unpaired) electrons. The number of hydrogen-bond acceptors (Lipinski definition) is 1. The maximum absolute atomic E-state index is 12.6. The van der Waals surface area contributed by atoms with Gasteiger partial charge < -0.3 is 0 Å². The topological polar surface area (TPSA) is 28.7 Å². The summed E-state index contributed by atoms with van der Waals surface area (Å²) in [6, 6.07) is 0. The predicted molar refractivity (Wildman–Crippen MR) is 43.6 cm³/mol. The van der Waals surface area contributed by atoms with Crippen molar-refractivity contribution in [2.75, 3.05) is 0 Å². The molecular formula is C8H9FN2. The summed E-state index contributed by atoms with van der Waals surface area (Å²) in [4.78, 5) is 0. The third-order valence-electron chi connectivity index (χ3n) is 1.46. The van der Waals surface area contributed by atoms with Gasteiger partial charge in [-0.25, -0.2) is 4.39 Å². The Balaban J connectivity index is 3.26. The molecule has 0 aliphatic carbocycles. The van der Waals surface area contributed by atoms with Crippen LogP contribution in [-0.4, -0.2) is 10.2 Å². The van der Waals surface area contributed by atoms with Gasteiger partial charge in [0.25, 0.3) is 0 Å². The van der Waals surface area contributed by atoms with Crippen molar-refractivity contribution in [3.63, 3.8) is 0 Å². The minimum Gasteiger partial charge on any atom is -0.282 e. The molecule has 1 rings (SSSR count). The maximum atomic E-state index is 12.6. The number of nitrogens with zero attached hydrogens (tertiary/aromatic N) is 1. The van der Waals surface area contributed by atoms with Gasteiger partial charge in [-0.1, -0.05) is 19.2 Å². The number of nitrogens with one attached hydrogen (secondary N) is 1. The quantitative estimate of drug-likeness (QED) is 0.692. The molecule has 0 aliphatic heterocycles. The van der Waals surface area contributed by atoms with Crippen LogP contribution in [0.3, 0.4) is 0 Å². The van der Waals surface area contributed by atoms with E-state index in [-0.39, 0.29) is 5.69 Å². The number of rotatable bonds is 2. The van der Waals surface area contributed by atoms with Crippen LogP contribution in [0.25, 0.3) is 11.9 Å². The molecule has 11 heavy (non-hydrogen) atoms. The summed E-state index contributed by atoms with van der Waals surface area (Å²) in [7, 11) is 0. The zero-order valence-corrected chi connectivity index (χ0v) is 6.32. The van der Waals surface area contributed by atoms with Crippen LogP contribution in [0.1, 0.15) is 17.0 Å². The highest BCUT2D eigenvalue weighted by molar-refractivity contribution is 5.66. The van der Waals surface area contributed by atoms with E-state index in [1.165, 1.54) is 0 Å². The van der Waals surface area contributed by atoms with Crippen molar-refractivity contribution in [2.45, 2.75) is 6.92 Å². The maximum Gasteiger partial charge on any atom is 0.144 e. The number of halogens is 1. The SMILES string of the molecule is C=Cc1c(C(=C)F)n[nH]c1C. The molecule has 3 heteroatoms. The minimum atomic E-state index is -0.538. The fourth-order valence-corrected chi connectivity index (χ4v) is 0.894. The Labute approximate surface area is 64.4 Å². The second kappa shape index (κ2) is 2.70. The van der Waals surface area contributed by atoms with Gasteiger partial charge in [0.2, 0.25) is 0 Å². The van der Waals surface area contributed by atoms with E-state index in [0.29, 0.717) is 5.56 Å². The first kappa shape index (κ1) is 7.72. The van der Waals surface area contributed by atoms with Gasteiger partial charge in [-0.2, -0.15) is 5.10 Å². The molecular weight excluding hydrogens is 143 g/mol. The van der Waals surface area contributed by atoms with Gasteiger partial charge in [0.15, 0.2) is 0 Å². The van der Waals surface area contributed by atoms with E-state index >= 15 is 0 Å². The number of aryl methyl sites for hydroxylation is 1. The summed E-state index contributed by atoms with van der Waals surface area (Å²) in [6.07, 6.45) is 1.55. The standard InChI is InChI=1S/C8H9FN2/c1-4-7-6(3)10-11-8(7)5(2)9/h4H,1-2H2,3H3,(H,10,11). The van der Waals surface area contributed by atoms with Gasteiger partial charge in [-0.05, 0) is 6.92 Å². The molecule has 1 aromatic heterocycles. The average molecular weight is 152 g/mol. The number of H-pyrrole nitrogens is 1. The molecule has 0 saturated carbocycles. The van der Waals surface area contributed by atoms with Crippen molar-refractivity contribution in [3.05, 3.63) is 30.1 Å². The molecule has 0 bridgehead atoms. The minimum absolute atomic E-state index is 0.248. The van der Waals surface area contributed by atoms with Crippen molar-refractivity contribution in [2.24, 2.45) is 0 Å². The molecule has 58 valence electrons. The number of aromatic nitrogens is 2. The van der Waals surface area contributed by atoms with Crippen LogP contribution >= 0.6 is 0 Å². The van der Waals surface area contributed by atoms with E-state index < -0.39 is 5.83 Å². The Hall–Kier alpha value is -1.38. The van der Waals surface area contributed by atoms with Gasteiger partial charge in [0.1, 0.15) is 11.5 Å². The van der Waals surface area contributed by atoms with E-state index in [1.54, 1.807) is 13.0 Å². The zero-order chi connectivity index (χ0) is 8.43. The molecule has 0 aliphatic rings. The average Bonchev–Trinajstić information content (AvgIpc) is 2.30. The lowest BCUT2D eigenvalue weighted by Gasteiger charge is -1.91.